The van der Waals surface area contributed by atoms with E-state index in [9.17, 15) is 4.79 Å². The summed E-state index contributed by atoms with van der Waals surface area (Å²) in [5.74, 6) is 3.61. The Kier molecular flexibility index (Phi) is 6.10. The van der Waals surface area contributed by atoms with Crippen molar-refractivity contribution in [3.63, 3.8) is 0 Å². The zero-order valence-corrected chi connectivity index (χ0v) is 13.7. The minimum atomic E-state index is 0.0346. The van der Waals surface area contributed by atoms with E-state index in [2.05, 4.69) is 17.6 Å². The fourth-order valence-electron chi connectivity index (χ4n) is 2.16. The highest BCUT2D eigenvalue weighted by Crippen LogP contribution is 2.23. The zero-order chi connectivity index (χ0) is 14.4. The van der Waals surface area contributed by atoms with E-state index in [0.29, 0.717) is 5.25 Å². The van der Waals surface area contributed by atoms with E-state index in [-0.39, 0.29) is 5.91 Å². The highest BCUT2D eigenvalue weighted by Gasteiger charge is 2.15. The summed E-state index contributed by atoms with van der Waals surface area (Å²) < 4.78 is 0. The number of rotatable bonds is 5. The molecule has 2 rings (SSSR count). The minimum Gasteiger partial charge on any atom is -0.385 e. The molecule has 1 aromatic rings. The number of anilines is 1. The van der Waals surface area contributed by atoms with Crippen LogP contribution < -0.4 is 10.6 Å². The second-order valence-corrected chi connectivity index (χ2v) is 7.40. The molecule has 0 radical (unpaired) electrons. The molecule has 0 bridgehead atoms. The number of nitrogens with one attached hydrogen (secondary N) is 2. The average Bonchev–Trinajstić information content (AvgIpc) is 2.48. The van der Waals surface area contributed by atoms with Crippen molar-refractivity contribution < 1.29 is 4.79 Å². The molecule has 1 aromatic carbocycles. The quantitative estimate of drug-likeness (QED) is 0.877. The molecule has 0 saturated carbocycles. The van der Waals surface area contributed by atoms with E-state index >= 15 is 0 Å². The fraction of sp³-hybridized carbons (Fsp3) is 0.533. The number of carbonyl (C=O) groups is 1. The largest absolute Gasteiger partial charge is 0.385 e. The third-order valence-corrected chi connectivity index (χ3v) is 6.08. The molecule has 20 heavy (non-hydrogen) atoms. The summed E-state index contributed by atoms with van der Waals surface area (Å²) in [6.45, 7) is 5.76. The fourth-order valence-corrected chi connectivity index (χ4v) is 4.77. The molecule has 3 nitrogen and oxygen atoms in total. The van der Waals surface area contributed by atoms with Gasteiger partial charge in [0, 0.05) is 46.8 Å². The highest BCUT2D eigenvalue weighted by molar-refractivity contribution is 8.06. The molecule has 1 saturated heterocycles. The monoisotopic (exact) mass is 310 g/mol. The minimum absolute atomic E-state index is 0.0346. The molecule has 0 spiro atoms. The Morgan fingerprint density at radius 1 is 1.40 bits per heavy atom. The number of carbonyl (C=O) groups excluding carboxylic acids is 1. The molecule has 2 N–H and O–H groups in total. The Morgan fingerprint density at radius 3 is 2.90 bits per heavy atom. The third-order valence-electron chi connectivity index (χ3n) is 3.23. The maximum absolute atomic E-state index is 12.2. The van der Waals surface area contributed by atoms with Crippen LogP contribution >= 0.6 is 23.5 Å². The van der Waals surface area contributed by atoms with Crippen LogP contribution in [0.4, 0.5) is 5.69 Å². The molecule has 1 aliphatic rings. The van der Waals surface area contributed by atoms with Gasteiger partial charge in [-0.2, -0.15) is 23.5 Å². The van der Waals surface area contributed by atoms with Gasteiger partial charge in [-0.1, -0.05) is 0 Å². The third kappa shape index (κ3) is 4.35. The SMILES string of the molecule is CCNc1ccc(C(=O)NCC2CSCCS2)cc1C. The van der Waals surface area contributed by atoms with Crippen LogP contribution in [-0.2, 0) is 0 Å². The maximum Gasteiger partial charge on any atom is 0.251 e. The summed E-state index contributed by atoms with van der Waals surface area (Å²) in [4.78, 5) is 12.2. The molecular weight excluding hydrogens is 288 g/mol. The van der Waals surface area contributed by atoms with Crippen molar-refractivity contribution in [3.05, 3.63) is 29.3 Å². The van der Waals surface area contributed by atoms with Crippen molar-refractivity contribution in [1.29, 1.82) is 0 Å². The summed E-state index contributed by atoms with van der Waals surface area (Å²) in [5.41, 5.74) is 2.96. The molecule has 0 aromatic heterocycles. The summed E-state index contributed by atoms with van der Waals surface area (Å²) in [6.07, 6.45) is 0. The Hall–Kier alpha value is -0.810. The van der Waals surface area contributed by atoms with E-state index in [0.717, 1.165) is 35.7 Å². The molecule has 1 atom stereocenters. The van der Waals surface area contributed by atoms with Crippen LogP contribution in [-0.4, -0.2) is 41.5 Å². The molecule has 110 valence electrons. The van der Waals surface area contributed by atoms with Crippen LogP contribution in [0.3, 0.4) is 0 Å². The lowest BCUT2D eigenvalue weighted by Crippen LogP contribution is -2.33. The highest BCUT2D eigenvalue weighted by atomic mass is 32.2. The topological polar surface area (TPSA) is 41.1 Å². The van der Waals surface area contributed by atoms with Gasteiger partial charge < -0.3 is 10.6 Å². The van der Waals surface area contributed by atoms with Crippen LogP contribution in [0, 0.1) is 6.92 Å². The molecule has 1 unspecified atom stereocenters. The van der Waals surface area contributed by atoms with Crippen LogP contribution in [0.15, 0.2) is 18.2 Å². The Morgan fingerprint density at radius 2 is 2.25 bits per heavy atom. The molecular formula is C15H22N2OS2. The molecule has 1 heterocycles. The van der Waals surface area contributed by atoms with Crippen molar-refractivity contribution in [3.8, 4) is 0 Å². The van der Waals surface area contributed by atoms with E-state index in [4.69, 9.17) is 0 Å². The lowest BCUT2D eigenvalue weighted by atomic mass is 10.1. The Labute approximate surface area is 129 Å². The Bertz CT molecular complexity index is 459. The van der Waals surface area contributed by atoms with Crippen LogP contribution in [0.25, 0.3) is 0 Å². The average molecular weight is 310 g/mol. The van der Waals surface area contributed by atoms with Gasteiger partial charge in [-0.25, -0.2) is 0 Å². The van der Waals surface area contributed by atoms with Crippen LogP contribution in [0.5, 0.6) is 0 Å². The maximum atomic E-state index is 12.2. The molecule has 1 amide bonds. The molecule has 0 aliphatic carbocycles. The van der Waals surface area contributed by atoms with E-state index in [1.807, 2.05) is 48.6 Å². The second-order valence-electron chi connectivity index (χ2n) is 4.84. The van der Waals surface area contributed by atoms with Crippen molar-refractivity contribution in [2.75, 3.05) is 35.7 Å². The van der Waals surface area contributed by atoms with Crippen molar-refractivity contribution >= 4 is 35.1 Å². The predicted octanol–water partition coefficient (Wildman–Crippen LogP) is 3.01. The predicted molar refractivity (Wildman–Crippen MR) is 91.2 cm³/mol. The Balaban J connectivity index is 1.89. The molecule has 1 aliphatic heterocycles. The summed E-state index contributed by atoms with van der Waals surface area (Å²) in [7, 11) is 0. The number of benzene rings is 1. The van der Waals surface area contributed by atoms with Crippen molar-refractivity contribution in [2.45, 2.75) is 19.1 Å². The van der Waals surface area contributed by atoms with E-state index in [1.54, 1.807) is 0 Å². The van der Waals surface area contributed by atoms with Crippen molar-refractivity contribution in [2.24, 2.45) is 0 Å². The molecule has 1 fully saturated rings. The van der Waals surface area contributed by atoms with Gasteiger partial charge in [0.15, 0.2) is 0 Å². The number of thioether (sulfide) groups is 2. The summed E-state index contributed by atoms with van der Waals surface area (Å²) >= 11 is 3.95. The number of hydrogen-bond acceptors (Lipinski definition) is 4. The van der Waals surface area contributed by atoms with Gasteiger partial charge in [0.25, 0.3) is 5.91 Å². The van der Waals surface area contributed by atoms with Crippen LogP contribution in [0.2, 0.25) is 0 Å². The van der Waals surface area contributed by atoms with Gasteiger partial charge in [-0.15, -0.1) is 0 Å². The number of hydrogen-bond donors (Lipinski definition) is 2. The first-order valence-electron chi connectivity index (χ1n) is 7.02. The summed E-state index contributed by atoms with van der Waals surface area (Å²) in [6, 6.07) is 5.83. The van der Waals surface area contributed by atoms with Gasteiger partial charge >= 0.3 is 0 Å². The van der Waals surface area contributed by atoms with E-state index < -0.39 is 0 Å². The van der Waals surface area contributed by atoms with Gasteiger partial charge in [0.05, 0.1) is 0 Å². The number of aryl methyl sites for hydroxylation is 1. The zero-order valence-electron chi connectivity index (χ0n) is 12.1. The normalized spacial score (nSPS) is 18.6. The van der Waals surface area contributed by atoms with Gasteiger partial charge in [0.1, 0.15) is 0 Å². The number of amides is 1. The van der Waals surface area contributed by atoms with E-state index in [1.165, 1.54) is 11.5 Å². The summed E-state index contributed by atoms with van der Waals surface area (Å²) in [5, 5.41) is 6.90. The van der Waals surface area contributed by atoms with Gasteiger partial charge in [-0.3, -0.25) is 4.79 Å². The first kappa shape index (κ1) is 15.6. The standard InChI is InChI=1S/C15H22N2OS2/c1-3-16-14-5-4-12(8-11(14)2)15(18)17-9-13-10-19-6-7-20-13/h4-5,8,13,16H,3,6-7,9-10H2,1-2H3,(H,17,18). The van der Waals surface area contributed by atoms with Crippen molar-refractivity contribution in [1.82, 2.24) is 5.32 Å². The first-order chi connectivity index (χ1) is 9.70. The van der Waals surface area contributed by atoms with Crippen LogP contribution in [0.1, 0.15) is 22.8 Å². The second kappa shape index (κ2) is 7.84. The lowest BCUT2D eigenvalue weighted by molar-refractivity contribution is 0.0954. The van der Waals surface area contributed by atoms with Gasteiger partial charge in [-0.05, 0) is 37.6 Å². The molecule has 5 heteroatoms. The van der Waals surface area contributed by atoms with Gasteiger partial charge in [0.2, 0.25) is 0 Å². The lowest BCUT2D eigenvalue weighted by Gasteiger charge is -2.21. The first-order valence-corrected chi connectivity index (χ1v) is 9.23. The smallest absolute Gasteiger partial charge is 0.251 e.